The number of carbonyl (C=O) groups excluding carboxylic acids is 1. The van der Waals surface area contributed by atoms with Crippen molar-refractivity contribution in [3.63, 3.8) is 0 Å². The normalized spacial score (nSPS) is 22.7. The van der Waals surface area contributed by atoms with Gasteiger partial charge >= 0.3 is 6.03 Å². The molecule has 1 N–H and O–H groups in total. The minimum absolute atomic E-state index is 0.0521. The highest BCUT2D eigenvalue weighted by molar-refractivity contribution is 5.75. The van der Waals surface area contributed by atoms with E-state index in [0.717, 1.165) is 5.56 Å². The SMILES string of the molecule is C[C@@H]1CN(C(=O)N[C@@H](CCC#N)c2ccccc2)[C@H](C)CO1. The number of nitrogens with one attached hydrogen (secondary N) is 1. The maximum atomic E-state index is 12.6. The molecule has 0 radical (unpaired) electrons. The van der Waals surface area contributed by atoms with Crippen LogP contribution in [0.25, 0.3) is 0 Å². The summed E-state index contributed by atoms with van der Waals surface area (Å²) in [6.07, 6.45) is 1.08. The molecule has 2 rings (SSSR count). The van der Waals surface area contributed by atoms with Crippen LogP contribution in [0.4, 0.5) is 4.79 Å². The first-order valence-corrected chi connectivity index (χ1v) is 7.72. The Bertz CT molecular complexity index is 526. The van der Waals surface area contributed by atoms with Crippen molar-refractivity contribution in [3.05, 3.63) is 35.9 Å². The van der Waals surface area contributed by atoms with E-state index in [-0.39, 0.29) is 24.2 Å². The van der Waals surface area contributed by atoms with Gasteiger partial charge in [0.1, 0.15) is 0 Å². The minimum atomic E-state index is -0.140. The Balaban J connectivity index is 2.06. The molecule has 0 aromatic heterocycles. The van der Waals surface area contributed by atoms with E-state index in [1.54, 1.807) is 0 Å². The largest absolute Gasteiger partial charge is 0.375 e. The van der Waals surface area contributed by atoms with Crippen molar-refractivity contribution in [2.75, 3.05) is 13.2 Å². The third-order valence-corrected chi connectivity index (χ3v) is 3.91. The van der Waals surface area contributed by atoms with Gasteiger partial charge in [0.25, 0.3) is 0 Å². The summed E-state index contributed by atoms with van der Waals surface area (Å²) in [5.41, 5.74) is 1.03. The van der Waals surface area contributed by atoms with Crippen LogP contribution in [0.2, 0.25) is 0 Å². The molecule has 1 heterocycles. The van der Waals surface area contributed by atoms with Crippen molar-refractivity contribution in [2.45, 2.75) is 44.9 Å². The Labute approximate surface area is 131 Å². The molecule has 3 atom stereocenters. The molecule has 1 saturated heterocycles. The van der Waals surface area contributed by atoms with Gasteiger partial charge in [-0.3, -0.25) is 0 Å². The van der Waals surface area contributed by atoms with E-state index >= 15 is 0 Å². The number of nitriles is 1. The van der Waals surface area contributed by atoms with Crippen LogP contribution in [0.5, 0.6) is 0 Å². The van der Waals surface area contributed by atoms with Crippen molar-refractivity contribution in [1.82, 2.24) is 10.2 Å². The molecule has 5 nitrogen and oxygen atoms in total. The van der Waals surface area contributed by atoms with Gasteiger partial charge < -0.3 is 15.0 Å². The van der Waals surface area contributed by atoms with E-state index in [1.807, 2.05) is 49.1 Å². The molecule has 22 heavy (non-hydrogen) atoms. The fourth-order valence-corrected chi connectivity index (χ4v) is 2.63. The molecule has 0 bridgehead atoms. The number of ether oxygens (including phenoxy) is 1. The lowest BCUT2D eigenvalue weighted by Crippen LogP contribution is -2.54. The third-order valence-electron chi connectivity index (χ3n) is 3.91. The fourth-order valence-electron chi connectivity index (χ4n) is 2.63. The van der Waals surface area contributed by atoms with Gasteiger partial charge in [0.05, 0.1) is 30.9 Å². The molecular weight excluding hydrogens is 278 g/mol. The number of nitrogens with zero attached hydrogens (tertiary/aromatic N) is 2. The zero-order valence-corrected chi connectivity index (χ0v) is 13.2. The summed E-state index contributed by atoms with van der Waals surface area (Å²) in [6, 6.07) is 11.8. The number of benzene rings is 1. The van der Waals surface area contributed by atoms with Gasteiger partial charge in [-0.2, -0.15) is 5.26 Å². The molecule has 5 heteroatoms. The predicted molar refractivity (Wildman–Crippen MR) is 84.1 cm³/mol. The molecular formula is C17H23N3O2. The van der Waals surface area contributed by atoms with Crippen LogP contribution in [0.15, 0.2) is 30.3 Å². The average Bonchev–Trinajstić information content (AvgIpc) is 2.54. The van der Waals surface area contributed by atoms with Crippen LogP contribution in [0, 0.1) is 11.3 Å². The molecule has 0 unspecified atom stereocenters. The predicted octanol–water partition coefficient (Wildman–Crippen LogP) is 2.85. The summed E-state index contributed by atoms with van der Waals surface area (Å²) >= 11 is 0. The number of morpholine rings is 1. The summed E-state index contributed by atoms with van der Waals surface area (Å²) in [5.74, 6) is 0. The third kappa shape index (κ3) is 4.22. The van der Waals surface area contributed by atoms with Crippen molar-refractivity contribution in [2.24, 2.45) is 0 Å². The van der Waals surface area contributed by atoms with Crippen LogP contribution >= 0.6 is 0 Å². The molecule has 1 aliphatic heterocycles. The van der Waals surface area contributed by atoms with E-state index in [9.17, 15) is 4.79 Å². The smallest absolute Gasteiger partial charge is 0.318 e. The van der Waals surface area contributed by atoms with E-state index in [4.69, 9.17) is 10.00 Å². The van der Waals surface area contributed by atoms with Crippen LogP contribution in [0.1, 0.15) is 38.3 Å². The van der Waals surface area contributed by atoms with Gasteiger partial charge in [-0.15, -0.1) is 0 Å². The number of hydrogen-bond donors (Lipinski definition) is 1. The number of rotatable bonds is 4. The molecule has 118 valence electrons. The van der Waals surface area contributed by atoms with Crippen LogP contribution in [0.3, 0.4) is 0 Å². The average molecular weight is 301 g/mol. The summed E-state index contributed by atoms with van der Waals surface area (Å²) in [5, 5.41) is 11.9. The first-order chi connectivity index (χ1) is 10.6. The molecule has 1 aromatic rings. The Hall–Kier alpha value is -2.06. The number of hydrogen-bond acceptors (Lipinski definition) is 3. The Morgan fingerprint density at radius 1 is 1.45 bits per heavy atom. The van der Waals surface area contributed by atoms with Gasteiger partial charge in [0.15, 0.2) is 0 Å². The maximum Gasteiger partial charge on any atom is 0.318 e. The van der Waals surface area contributed by atoms with Gasteiger partial charge in [-0.05, 0) is 25.8 Å². The quantitative estimate of drug-likeness (QED) is 0.930. The van der Waals surface area contributed by atoms with Gasteiger partial charge in [-0.25, -0.2) is 4.79 Å². The standard InChI is InChI=1S/C17H23N3O2/c1-13-12-22-14(2)11-20(13)17(21)19-16(9-6-10-18)15-7-4-3-5-8-15/h3-5,7-8,13-14,16H,6,9,11-12H2,1-2H3,(H,19,21)/t13-,14-,16+/m1/s1. The van der Waals surface area contributed by atoms with E-state index < -0.39 is 0 Å². The molecule has 0 aliphatic carbocycles. The summed E-state index contributed by atoms with van der Waals surface area (Å²) in [7, 11) is 0. The highest BCUT2D eigenvalue weighted by atomic mass is 16.5. The molecule has 1 aromatic carbocycles. The number of urea groups is 1. The monoisotopic (exact) mass is 301 g/mol. The lowest BCUT2D eigenvalue weighted by molar-refractivity contribution is -0.0321. The van der Waals surface area contributed by atoms with Crippen LogP contribution in [-0.4, -0.2) is 36.2 Å². The zero-order chi connectivity index (χ0) is 15.9. The number of amides is 2. The summed E-state index contributed by atoms with van der Waals surface area (Å²) in [4.78, 5) is 14.4. The van der Waals surface area contributed by atoms with Crippen LogP contribution < -0.4 is 5.32 Å². The van der Waals surface area contributed by atoms with Gasteiger partial charge in [0, 0.05) is 13.0 Å². The van der Waals surface area contributed by atoms with Crippen molar-refractivity contribution in [1.29, 1.82) is 5.26 Å². The van der Waals surface area contributed by atoms with E-state index in [1.165, 1.54) is 0 Å². The van der Waals surface area contributed by atoms with Crippen molar-refractivity contribution >= 4 is 6.03 Å². The second kappa shape index (κ2) is 7.81. The second-order valence-electron chi connectivity index (χ2n) is 5.75. The first-order valence-electron chi connectivity index (χ1n) is 7.72. The molecule has 0 spiro atoms. The molecule has 0 saturated carbocycles. The molecule has 1 aliphatic rings. The van der Waals surface area contributed by atoms with E-state index in [0.29, 0.717) is 26.0 Å². The highest BCUT2D eigenvalue weighted by Gasteiger charge is 2.28. The Kier molecular flexibility index (Phi) is 5.79. The van der Waals surface area contributed by atoms with E-state index in [2.05, 4.69) is 11.4 Å². The second-order valence-corrected chi connectivity index (χ2v) is 5.75. The molecule has 2 amide bonds. The first kappa shape index (κ1) is 16.3. The minimum Gasteiger partial charge on any atom is -0.375 e. The van der Waals surface area contributed by atoms with Crippen molar-refractivity contribution < 1.29 is 9.53 Å². The molecule has 1 fully saturated rings. The Morgan fingerprint density at radius 2 is 2.18 bits per heavy atom. The summed E-state index contributed by atoms with van der Waals surface area (Å²) < 4.78 is 5.56. The Morgan fingerprint density at radius 3 is 2.86 bits per heavy atom. The number of carbonyl (C=O) groups is 1. The highest BCUT2D eigenvalue weighted by Crippen LogP contribution is 2.20. The lowest BCUT2D eigenvalue weighted by atomic mass is 10.0. The van der Waals surface area contributed by atoms with Gasteiger partial charge in [-0.1, -0.05) is 30.3 Å². The summed E-state index contributed by atoms with van der Waals surface area (Å²) in [6.45, 7) is 5.10. The van der Waals surface area contributed by atoms with Gasteiger partial charge in [0.2, 0.25) is 0 Å². The fraction of sp³-hybridized carbons (Fsp3) is 0.529. The topological polar surface area (TPSA) is 65.4 Å². The maximum absolute atomic E-state index is 12.6. The zero-order valence-electron chi connectivity index (χ0n) is 13.2. The lowest BCUT2D eigenvalue weighted by Gasteiger charge is -2.37. The van der Waals surface area contributed by atoms with Crippen LogP contribution in [-0.2, 0) is 4.74 Å². The van der Waals surface area contributed by atoms with Crippen molar-refractivity contribution in [3.8, 4) is 6.07 Å².